The maximum atomic E-state index is 5.68. The fourth-order valence-electron chi connectivity index (χ4n) is 2.96. The zero-order valence-corrected chi connectivity index (χ0v) is 14.9. The summed E-state index contributed by atoms with van der Waals surface area (Å²) in [5, 5.41) is 6.87. The summed E-state index contributed by atoms with van der Waals surface area (Å²) in [5.74, 6) is 1.70. The molecule has 0 aromatic rings. The lowest BCUT2D eigenvalue weighted by atomic mass is 9.56. The molecule has 0 amide bonds. The summed E-state index contributed by atoms with van der Waals surface area (Å²) in [6.07, 6.45) is 3.67. The SMILES string of the molecule is CCNC(=NCCOCC1CC1)NC1CC(C)(OC)C1(C)C. The molecule has 5 heteroatoms. The molecule has 2 rings (SSSR count). The molecule has 2 aliphatic rings. The minimum absolute atomic E-state index is 0.0602. The number of methoxy groups -OCH3 is 1. The first kappa shape index (κ1) is 17.5. The zero-order valence-electron chi connectivity index (χ0n) is 14.9. The minimum atomic E-state index is -0.0602. The molecule has 128 valence electrons. The number of nitrogens with one attached hydrogen (secondary N) is 2. The van der Waals surface area contributed by atoms with Crippen molar-refractivity contribution in [2.24, 2.45) is 16.3 Å². The zero-order chi connectivity index (χ0) is 16.2. The van der Waals surface area contributed by atoms with E-state index in [2.05, 4.69) is 43.3 Å². The van der Waals surface area contributed by atoms with Gasteiger partial charge >= 0.3 is 0 Å². The second kappa shape index (κ2) is 7.18. The second-order valence-electron chi connectivity index (χ2n) is 7.34. The largest absolute Gasteiger partial charge is 0.379 e. The van der Waals surface area contributed by atoms with Crippen LogP contribution >= 0.6 is 0 Å². The Balaban J connectivity index is 1.78. The van der Waals surface area contributed by atoms with Crippen LogP contribution in [0.4, 0.5) is 0 Å². The van der Waals surface area contributed by atoms with Crippen molar-refractivity contribution in [3.8, 4) is 0 Å². The van der Waals surface area contributed by atoms with Gasteiger partial charge in [0.05, 0.1) is 18.8 Å². The Morgan fingerprint density at radius 2 is 2.00 bits per heavy atom. The lowest BCUT2D eigenvalue weighted by molar-refractivity contribution is -0.176. The molecule has 5 nitrogen and oxygen atoms in total. The summed E-state index contributed by atoms with van der Waals surface area (Å²) in [4.78, 5) is 4.62. The van der Waals surface area contributed by atoms with E-state index >= 15 is 0 Å². The highest BCUT2D eigenvalue weighted by molar-refractivity contribution is 5.80. The standard InChI is InChI=1S/C17H33N3O2/c1-6-18-15(19-9-10-22-12-13-7-8-13)20-14-11-17(4,21-5)16(14,2)3/h13-14H,6-12H2,1-5H3,(H2,18,19,20). The highest BCUT2D eigenvalue weighted by atomic mass is 16.5. The lowest BCUT2D eigenvalue weighted by Crippen LogP contribution is -2.69. The molecule has 0 saturated heterocycles. The quantitative estimate of drug-likeness (QED) is 0.410. The summed E-state index contributed by atoms with van der Waals surface area (Å²) >= 11 is 0. The first-order valence-corrected chi connectivity index (χ1v) is 8.60. The van der Waals surface area contributed by atoms with Crippen molar-refractivity contribution in [1.82, 2.24) is 10.6 Å². The van der Waals surface area contributed by atoms with Crippen molar-refractivity contribution < 1.29 is 9.47 Å². The molecule has 0 aromatic heterocycles. The first-order chi connectivity index (χ1) is 10.4. The smallest absolute Gasteiger partial charge is 0.191 e. The highest BCUT2D eigenvalue weighted by Crippen LogP contribution is 2.51. The molecular formula is C17H33N3O2. The number of aliphatic imine (C=N–C) groups is 1. The Morgan fingerprint density at radius 3 is 2.55 bits per heavy atom. The van der Waals surface area contributed by atoms with Crippen molar-refractivity contribution in [3.63, 3.8) is 0 Å². The molecular weight excluding hydrogens is 278 g/mol. The normalized spacial score (nSPS) is 30.8. The lowest BCUT2D eigenvalue weighted by Gasteiger charge is -2.59. The van der Waals surface area contributed by atoms with Gasteiger partial charge in [-0.15, -0.1) is 0 Å². The van der Waals surface area contributed by atoms with Gasteiger partial charge in [-0.1, -0.05) is 13.8 Å². The average molecular weight is 311 g/mol. The van der Waals surface area contributed by atoms with Crippen molar-refractivity contribution in [2.75, 3.05) is 33.4 Å². The van der Waals surface area contributed by atoms with E-state index in [9.17, 15) is 0 Å². The Hall–Kier alpha value is -0.810. The summed E-state index contributed by atoms with van der Waals surface area (Å²) in [7, 11) is 1.80. The predicted molar refractivity (Wildman–Crippen MR) is 90.3 cm³/mol. The number of nitrogens with zero attached hydrogens (tertiary/aromatic N) is 1. The molecule has 2 fully saturated rings. The van der Waals surface area contributed by atoms with Crippen LogP contribution in [0.5, 0.6) is 0 Å². The summed E-state index contributed by atoms with van der Waals surface area (Å²) < 4.78 is 11.3. The molecule has 0 aliphatic heterocycles. The van der Waals surface area contributed by atoms with Gasteiger partial charge in [-0.2, -0.15) is 0 Å². The van der Waals surface area contributed by atoms with Gasteiger partial charge in [-0.05, 0) is 39.0 Å². The van der Waals surface area contributed by atoms with Gasteiger partial charge < -0.3 is 20.1 Å². The summed E-state index contributed by atoms with van der Waals surface area (Å²) in [6.45, 7) is 11.9. The molecule has 2 saturated carbocycles. The van der Waals surface area contributed by atoms with Gasteiger partial charge in [0.1, 0.15) is 0 Å². The van der Waals surface area contributed by atoms with E-state index in [1.165, 1.54) is 12.8 Å². The van der Waals surface area contributed by atoms with Crippen LogP contribution < -0.4 is 10.6 Å². The number of rotatable bonds is 8. The van der Waals surface area contributed by atoms with Crippen LogP contribution in [0.3, 0.4) is 0 Å². The Morgan fingerprint density at radius 1 is 1.27 bits per heavy atom. The fourth-order valence-corrected chi connectivity index (χ4v) is 2.96. The first-order valence-electron chi connectivity index (χ1n) is 8.60. The van der Waals surface area contributed by atoms with E-state index in [1.807, 2.05) is 0 Å². The maximum absolute atomic E-state index is 5.68. The Labute approximate surface area is 135 Å². The number of guanidine groups is 1. The molecule has 2 aliphatic carbocycles. The molecule has 0 bridgehead atoms. The van der Waals surface area contributed by atoms with Gasteiger partial charge in [-0.3, -0.25) is 4.99 Å². The molecule has 0 heterocycles. The van der Waals surface area contributed by atoms with E-state index in [1.54, 1.807) is 7.11 Å². The van der Waals surface area contributed by atoms with E-state index in [0.717, 1.165) is 31.4 Å². The van der Waals surface area contributed by atoms with E-state index in [0.29, 0.717) is 19.2 Å². The number of ether oxygens (including phenoxy) is 2. The molecule has 2 unspecified atom stereocenters. The van der Waals surface area contributed by atoms with E-state index in [4.69, 9.17) is 9.47 Å². The van der Waals surface area contributed by atoms with Crippen molar-refractivity contribution in [3.05, 3.63) is 0 Å². The second-order valence-corrected chi connectivity index (χ2v) is 7.34. The monoisotopic (exact) mass is 311 g/mol. The third-order valence-corrected chi connectivity index (χ3v) is 5.49. The Bertz CT molecular complexity index is 393. The van der Waals surface area contributed by atoms with Gasteiger partial charge in [0.25, 0.3) is 0 Å². The van der Waals surface area contributed by atoms with Gasteiger partial charge in [0.2, 0.25) is 0 Å². The third-order valence-electron chi connectivity index (χ3n) is 5.49. The van der Waals surface area contributed by atoms with Gasteiger partial charge in [0, 0.05) is 31.7 Å². The number of hydrogen-bond donors (Lipinski definition) is 2. The van der Waals surface area contributed by atoms with Gasteiger partial charge in [-0.25, -0.2) is 0 Å². The molecule has 22 heavy (non-hydrogen) atoms. The van der Waals surface area contributed by atoms with Crippen LogP contribution in [-0.4, -0.2) is 51.0 Å². The minimum Gasteiger partial charge on any atom is -0.379 e. The highest BCUT2D eigenvalue weighted by Gasteiger charge is 2.58. The molecule has 0 aromatic carbocycles. The molecule has 2 N–H and O–H groups in total. The number of hydrogen-bond acceptors (Lipinski definition) is 3. The van der Waals surface area contributed by atoms with Crippen LogP contribution in [0, 0.1) is 11.3 Å². The fraction of sp³-hybridized carbons (Fsp3) is 0.941. The van der Waals surface area contributed by atoms with Crippen molar-refractivity contribution >= 4 is 5.96 Å². The van der Waals surface area contributed by atoms with Crippen LogP contribution in [0.1, 0.15) is 47.0 Å². The molecule has 2 atom stereocenters. The predicted octanol–water partition coefficient (Wildman–Crippen LogP) is 2.17. The van der Waals surface area contributed by atoms with Crippen LogP contribution in [0.25, 0.3) is 0 Å². The van der Waals surface area contributed by atoms with E-state index in [-0.39, 0.29) is 11.0 Å². The maximum Gasteiger partial charge on any atom is 0.191 e. The summed E-state index contributed by atoms with van der Waals surface area (Å²) in [5.41, 5.74) is 0.0236. The molecule has 0 radical (unpaired) electrons. The topological polar surface area (TPSA) is 54.9 Å². The average Bonchev–Trinajstić information content (AvgIpc) is 3.30. The summed E-state index contributed by atoms with van der Waals surface area (Å²) in [6, 6.07) is 0.377. The van der Waals surface area contributed by atoms with Crippen LogP contribution in [0.2, 0.25) is 0 Å². The van der Waals surface area contributed by atoms with Crippen molar-refractivity contribution in [1.29, 1.82) is 0 Å². The van der Waals surface area contributed by atoms with Crippen molar-refractivity contribution in [2.45, 2.75) is 58.6 Å². The van der Waals surface area contributed by atoms with E-state index < -0.39 is 0 Å². The Kier molecular flexibility index (Phi) is 5.72. The third kappa shape index (κ3) is 3.93. The van der Waals surface area contributed by atoms with Crippen LogP contribution in [-0.2, 0) is 9.47 Å². The van der Waals surface area contributed by atoms with Gasteiger partial charge in [0.15, 0.2) is 5.96 Å². The van der Waals surface area contributed by atoms with Crippen LogP contribution in [0.15, 0.2) is 4.99 Å². The molecule has 0 spiro atoms.